The van der Waals surface area contributed by atoms with Crippen molar-refractivity contribution >= 4 is 27.5 Å². The van der Waals surface area contributed by atoms with E-state index in [-0.39, 0.29) is 18.6 Å². The number of hydrogen-bond acceptors (Lipinski definition) is 6. The molecule has 3 aromatic rings. The number of hydrogen-bond donors (Lipinski definition) is 1. The molecule has 7 nitrogen and oxygen atoms in total. The van der Waals surface area contributed by atoms with Crippen molar-refractivity contribution in [3.05, 3.63) is 41.2 Å². The van der Waals surface area contributed by atoms with E-state index in [0.717, 1.165) is 15.2 Å². The first-order valence-corrected chi connectivity index (χ1v) is 8.68. The highest BCUT2D eigenvalue weighted by Crippen LogP contribution is 2.24. The molecule has 0 saturated carbocycles. The van der Waals surface area contributed by atoms with Crippen LogP contribution < -0.4 is 0 Å². The Bertz CT molecular complexity index is 835. The molecule has 1 fully saturated rings. The Morgan fingerprint density at radius 2 is 2.17 bits per heavy atom. The van der Waals surface area contributed by atoms with Crippen LogP contribution in [0.4, 0.5) is 0 Å². The first-order valence-electron chi connectivity index (χ1n) is 7.87. The molecule has 0 radical (unpaired) electrons. The molecule has 1 aromatic carbocycles. The van der Waals surface area contributed by atoms with Crippen molar-refractivity contribution < 1.29 is 9.90 Å². The highest BCUT2D eigenvalue weighted by Gasteiger charge is 2.32. The normalized spacial score (nSPS) is 15.0. The van der Waals surface area contributed by atoms with Crippen LogP contribution in [0.3, 0.4) is 0 Å². The van der Waals surface area contributed by atoms with Crippen molar-refractivity contribution in [3.63, 3.8) is 0 Å². The van der Waals surface area contributed by atoms with Gasteiger partial charge in [-0.2, -0.15) is 0 Å². The zero-order chi connectivity index (χ0) is 16.5. The summed E-state index contributed by atoms with van der Waals surface area (Å²) >= 11 is 1.65. The molecule has 1 amide bonds. The number of aliphatic hydroxyl groups is 1. The molecule has 1 aliphatic heterocycles. The molecule has 0 spiro atoms. The molecule has 4 rings (SSSR count). The largest absolute Gasteiger partial charge is 0.390 e. The Hall–Kier alpha value is -2.32. The Morgan fingerprint density at radius 3 is 2.92 bits per heavy atom. The molecule has 3 heterocycles. The van der Waals surface area contributed by atoms with E-state index < -0.39 is 0 Å². The fourth-order valence-corrected chi connectivity index (χ4v) is 3.76. The van der Waals surface area contributed by atoms with Gasteiger partial charge in [-0.05, 0) is 12.1 Å². The molecular weight excluding hydrogens is 326 g/mol. The van der Waals surface area contributed by atoms with Gasteiger partial charge in [-0.15, -0.1) is 16.4 Å². The lowest BCUT2D eigenvalue weighted by Gasteiger charge is -2.38. The maximum atomic E-state index is 12.3. The van der Waals surface area contributed by atoms with Gasteiger partial charge in [0.1, 0.15) is 5.69 Å². The lowest BCUT2D eigenvalue weighted by molar-refractivity contribution is -0.137. The van der Waals surface area contributed by atoms with Gasteiger partial charge in [-0.1, -0.05) is 17.3 Å². The number of aromatic nitrogens is 4. The number of carbonyl (C=O) groups is 1. The Labute approximate surface area is 142 Å². The van der Waals surface area contributed by atoms with Crippen LogP contribution in [0.15, 0.2) is 30.5 Å². The molecule has 0 unspecified atom stereocenters. The smallest absolute Gasteiger partial charge is 0.223 e. The maximum absolute atomic E-state index is 12.3. The summed E-state index contributed by atoms with van der Waals surface area (Å²) in [6.07, 6.45) is 2.89. The molecular formula is C16H17N5O2S. The van der Waals surface area contributed by atoms with Crippen LogP contribution in [0.5, 0.6) is 0 Å². The second-order valence-electron chi connectivity index (χ2n) is 5.88. The van der Waals surface area contributed by atoms with Crippen LogP contribution in [-0.4, -0.2) is 49.0 Å². The molecule has 2 aromatic heterocycles. The lowest BCUT2D eigenvalue weighted by atomic mass is 10.1. The van der Waals surface area contributed by atoms with E-state index in [0.29, 0.717) is 31.6 Å². The number of aliphatic hydroxyl groups excluding tert-OH is 1. The van der Waals surface area contributed by atoms with Gasteiger partial charge in [0, 0.05) is 25.9 Å². The summed E-state index contributed by atoms with van der Waals surface area (Å²) in [6.45, 7) is 1.18. The SMILES string of the molecule is O=C(CCc1nc2ccccc2s1)N1CC(n2cc(CO)nn2)C1. The quantitative estimate of drug-likeness (QED) is 0.757. The van der Waals surface area contributed by atoms with Gasteiger partial charge in [0.2, 0.25) is 5.91 Å². The monoisotopic (exact) mass is 343 g/mol. The van der Waals surface area contributed by atoms with E-state index >= 15 is 0 Å². The molecule has 1 aliphatic rings. The molecule has 8 heteroatoms. The number of nitrogens with zero attached hydrogens (tertiary/aromatic N) is 5. The topological polar surface area (TPSA) is 84.1 Å². The van der Waals surface area contributed by atoms with Gasteiger partial charge in [0.25, 0.3) is 0 Å². The predicted molar refractivity (Wildman–Crippen MR) is 89.5 cm³/mol. The standard InChI is InChI=1S/C16H17N5O2S/c22-10-11-7-21(19-18-11)12-8-20(9-12)16(23)6-5-15-17-13-3-1-2-4-14(13)24-15/h1-4,7,12,22H,5-6,8-10H2. The minimum absolute atomic E-state index is 0.114. The van der Waals surface area contributed by atoms with Crippen LogP contribution in [0.25, 0.3) is 10.2 Å². The number of aryl methyl sites for hydroxylation is 1. The molecule has 0 aliphatic carbocycles. The van der Waals surface area contributed by atoms with Crippen LogP contribution in [0.2, 0.25) is 0 Å². The predicted octanol–water partition coefficient (Wildman–Crippen LogP) is 1.40. The van der Waals surface area contributed by atoms with Crippen LogP contribution >= 0.6 is 11.3 Å². The van der Waals surface area contributed by atoms with E-state index in [1.165, 1.54) is 0 Å². The third-order valence-corrected chi connectivity index (χ3v) is 5.30. The molecule has 0 bridgehead atoms. The van der Waals surface area contributed by atoms with Gasteiger partial charge in [-0.3, -0.25) is 4.79 Å². The molecule has 0 atom stereocenters. The molecule has 124 valence electrons. The van der Waals surface area contributed by atoms with Gasteiger partial charge < -0.3 is 10.0 Å². The number of benzene rings is 1. The number of thiazole rings is 1. The number of para-hydroxylation sites is 1. The van der Waals surface area contributed by atoms with E-state index in [4.69, 9.17) is 5.11 Å². The number of carbonyl (C=O) groups excluding carboxylic acids is 1. The van der Waals surface area contributed by atoms with Crippen molar-refractivity contribution in [2.75, 3.05) is 13.1 Å². The fraction of sp³-hybridized carbons (Fsp3) is 0.375. The van der Waals surface area contributed by atoms with Crippen molar-refractivity contribution in [2.24, 2.45) is 0 Å². The lowest BCUT2D eigenvalue weighted by Crippen LogP contribution is -2.51. The number of likely N-dealkylation sites (tertiary alicyclic amines) is 1. The average Bonchev–Trinajstić information content (AvgIpc) is 3.17. The van der Waals surface area contributed by atoms with Gasteiger partial charge in [0.05, 0.1) is 34.1 Å². The van der Waals surface area contributed by atoms with Crippen molar-refractivity contribution in [1.82, 2.24) is 24.9 Å². The van der Waals surface area contributed by atoms with Crippen molar-refractivity contribution in [2.45, 2.75) is 25.5 Å². The minimum atomic E-state index is -0.114. The van der Waals surface area contributed by atoms with Gasteiger partial charge in [-0.25, -0.2) is 9.67 Å². The third kappa shape index (κ3) is 2.90. The minimum Gasteiger partial charge on any atom is -0.390 e. The van der Waals surface area contributed by atoms with Crippen LogP contribution in [0.1, 0.15) is 23.2 Å². The summed E-state index contributed by atoms with van der Waals surface area (Å²) in [5, 5.41) is 17.9. The summed E-state index contributed by atoms with van der Waals surface area (Å²) in [7, 11) is 0. The first kappa shape index (κ1) is 15.2. The third-order valence-electron chi connectivity index (χ3n) is 4.20. The van der Waals surface area contributed by atoms with E-state index in [9.17, 15) is 4.79 Å². The highest BCUT2D eigenvalue weighted by atomic mass is 32.1. The van der Waals surface area contributed by atoms with E-state index in [1.54, 1.807) is 22.2 Å². The fourth-order valence-electron chi connectivity index (χ4n) is 2.79. The maximum Gasteiger partial charge on any atom is 0.223 e. The molecule has 1 saturated heterocycles. The number of rotatable bonds is 5. The zero-order valence-corrected chi connectivity index (χ0v) is 13.8. The number of amides is 1. The average molecular weight is 343 g/mol. The molecule has 1 N–H and O–H groups in total. The van der Waals surface area contributed by atoms with Crippen LogP contribution in [0, 0.1) is 0 Å². The van der Waals surface area contributed by atoms with E-state index in [1.807, 2.05) is 23.1 Å². The summed E-state index contributed by atoms with van der Waals surface area (Å²) in [4.78, 5) is 18.7. The second-order valence-corrected chi connectivity index (χ2v) is 6.99. The Kier molecular flexibility index (Phi) is 3.99. The summed E-state index contributed by atoms with van der Waals surface area (Å²) in [5.41, 5.74) is 1.55. The van der Waals surface area contributed by atoms with Gasteiger partial charge in [0.15, 0.2) is 0 Å². The van der Waals surface area contributed by atoms with Crippen LogP contribution in [-0.2, 0) is 17.8 Å². The Morgan fingerprint density at radius 1 is 1.33 bits per heavy atom. The molecule has 24 heavy (non-hydrogen) atoms. The van der Waals surface area contributed by atoms with Crippen molar-refractivity contribution in [3.8, 4) is 0 Å². The summed E-state index contributed by atoms with van der Waals surface area (Å²) in [5.74, 6) is 0.146. The zero-order valence-electron chi connectivity index (χ0n) is 13.0. The number of fused-ring (bicyclic) bond motifs is 1. The summed E-state index contributed by atoms with van der Waals surface area (Å²) < 4.78 is 2.89. The van der Waals surface area contributed by atoms with Gasteiger partial charge >= 0.3 is 0 Å². The second kappa shape index (κ2) is 6.29. The first-order chi connectivity index (χ1) is 11.7. The summed E-state index contributed by atoms with van der Waals surface area (Å²) in [6, 6.07) is 8.18. The highest BCUT2D eigenvalue weighted by molar-refractivity contribution is 7.18. The van der Waals surface area contributed by atoms with E-state index in [2.05, 4.69) is 21.4 Å². The van der Waals surface area contributed by atoms with Crippen molar-refractivity contribution in [1.29, 1.82) is 0 Å². The Balaban J connectivity index is 1.29.